The van der Waals surface area contributed by atoms with Gasteiger partial charge in [-0.25, -0.2) is 4.79 Å². The van der Waals surface area contributed by atoms with Gasteiger partial charge in [-0.2, -0.15) is 0 Å². The SMILES string of the molecule is COC(=O)c1c(C)cccc1NC(=O)c1c(-c2ccccc2)noc1C. The van der Waals surface area contributed by atoms with Crippen LogP contribution in [0.2, 0.25) is 0 Å². The maximum absolute atomic E-state index is 12.9. The Morgan fingerprint density at radius 2 is 1.73 bits per heavy atom. The van der Waals surface area contributed by atoms with Gasteiger partial charge >= 0.3 is 5.97 Å². The molecule has 0 aliphatic carbocycles. The molecule has 0 aliphatic rings. The number of amides is 1. The lowest BCUT2D eigenvalue weighted by atomic mass is 10.0. The van der Waals surface area contributed by atoms with Crippen LogP contribution in [0.1, 0.15) is 32.0 Å². The molecule has 0 spiro atoms. The highest BCUT2D eigenvalue weighted by molar-refractivity contribution is 6.11. The Morgan fingerprint density at radius 1 is 1.00 bits per heavy atom. The third-order valence-corrected chi connectivity index (χ3v) is 4.05. The molecule has 1 aromatic heterocycles. The molecule has 0 aliphatic heterocycles. The molecular weight excluding hydrogens is 332 g/mol. The number of carbonyl (C=O) groups excluding carboxylic acids is 2. The molecule has 132 valence electrons. The smallest absolute Gasteiger partial charge is 0.340 e. The number of aryl methyl sites for hydroxylation is 2. The molecule has 0 radical (unpaired) electrons. The number of methoxy groups -OCH3 is 1. The van der Waals surface area contributed by atoms with Crippen LogP contribution in [0.4, 0.5) is 5.69 Å². The van der Waals surface area contributed by atoms with E-state index in [1.54, 1.807) is 32.0 Å². The first-order valence-electron chi connectivity index (χ1n) is 8.04. The fraction of sp³-hybridized carbons (Fsp3) is 0.150. The Hall–Kier alpha value is -3.41. The molecule has 3 aromatic rings. The molecule has 0 saturated heterocycles. The lowest BCUT2D eigenvalue weighted by Crippen LogP contribution is -2.17. The summed E-state index contributed by atoms with van der Waals surface area (Å²) in [6.45, 7) is 3.45. The average Bonchev–Trinajstić information content (AvgIpc) is 3.03. The van der Waals surface area contributed by atoms with Crippen LogP contribution in [0, 0.1) is 13.8 Å². The number of rotatable bonds is 4. The molecule has 2 aromatic carbocycles. The van der Waals surface area contributed by atoms with E-state index >= 15 is 0 Å². The first-order chi connectivity index (χ1) is 12.5. The van der Waals surface area contributed by atoms with Crippen molar-refractivity contribution in [3.63, 3.8) is 0 Å². The Bertz CT molecular complexity index is 961. The molecule has 1 N–H and O–H groups in total. The second-order valence-corrected chi connectivity index (χ2v) is 5.77. The second kappa shape index (κ2) is 7.23. The predicted octanol–water partition coefficient (Wildman–Crippen LogP) is 4.00. The summed E-state index contributed by atoms with van der Waals surface area (Å²) in [4.78, 5) is 25.0. The quantitative estimate of drug-likeness (QED) is 0.719. The van der Waals surface area contributed by atoms with E-state index < -0.39 is 11.9 Å². The molecule has 6 nitrogen and oxygen atoms in total. The summed E-state index contributed by atoms with van der Waals surface area (Å²) in [5, 5.41) is 6.79. The number of hydrogen-bond acceptors (Lipinski definition) is 5. The number of ether oxygens (including phenoxy) is 1. The van der Waals surface area contributed by atoms with Gasteiger partial charge in [-0.05, 0) is 25.5 Å². The molecule has 1 amide bonds. The van der Waals surface area contributed by atoms with Crippen LogP contribution in [0.5, 0.6) is 0 Å². The molecule has 0 fully saturated rings. The monoisotopic (exact) mass is 350 g/mol. The maximum atomic E-state index is 12.9. The van der Waals surface area contributed by atoms with Gasteiger partial charge in [0.15, 0.2) is 0 Å². The van der Waals surface area contributed by atoms with Gasteiger partial charge in [-0.15, -0.1) is 0 Å². The van der Waals surface area contributed by atoms with Crippen LogP contribution in [0.15, 0.2) is 53.1 Å². The minimum Gasteiger partial charge on any atom is -0.465 e. The van der Waals surface area contributed by atoms with E-state index in [-0.39, 0.29) is 0 Å². The highest BCUT2D eigenvalue weighted by Crippen LogP contribution is 2.27. The van der Waals surface area contributed by atoms with E-state index in [4.69, 9.17) is 9.26 Å². The molecule has 3 rings (SSSR count). The van der Waals surface area contributed by atoms with Gasteiger partial charge in [0.1, 0.15) is 17.0 Å². The van der Waals surface area contributed by atoms with Gasteiger partial charge < -0.3 is 14.6 Å². The molecular formula is C20H18N2O4. The van der Waals surface area contributed by atoms with Crippen molar-refractivity contribution in [2.24, 2.45) is 0 Å². The van der Waals surface area contributed by atoms with Crippen LogP contribution in [0.25, 0.3) is 11.3 Å². The Labute approximate surface area is 150 Å². The lowest BCUT2D eigenvalue weighted by Gasteiger charge is -2.12. The van der Waals surface area contributed by atoms with Crippen LogP contribution in [0.3, 0.4) is 0 Å². The molecule has 0 atom stereocenters. The average molecular weight is 350 g/mol. The summed E-state index contributed by atoms with van der Waals surface area (Å²) < 4.78 is 10.1. The Morgan fingerprint density at radius 3 is 2.42 bits per heavy atom. The summed E-state index contributed by atoms with van der Waals surface area (Å²) in [7, 11) is 1.30. The number of aromatic nitrogens is 1. The third-order valence-electron chi connectivity index (χ3n) is 4.05. The van der Waals surface area contributed by atoms with Crippen molar-refractivity contribution < 1.29 is 18.8 Å². The van der Waals surface area contributed by atoms with Gasteiger partial charge in [-0.3, -0.25) is 4.79 Å². The fourth-order valence-corrected chi connectivity index (χ4v) is 2.76. The molecule has 0 bridgehead atoms. The highest BCUT2D eigenvalue weighted by atomic mass is 16.5. The number of anilines is 1. The molecule has 26 heavy (non-hydrogen) atoms. The van der Waals surface area contributed by atoms with Crippen LogP contribution < -0.4 is 5.32 Å². The predicted molar refractivity (Wildman–Crippen MR) is 97.1 cm³/mol. The summed E-state index contributed by atoms with van der Waals surface area (Å²) in [6, 6.07) is 14.5. The van der Waals surface area contributed by atoms with E-state index in [0.717, 1.165) is 5.56 Å². The Kier molecular flexibility index (Phi) is 4.84. The van der Waals surface area contributed by atoms with Crippen LogP contribution in [-0.2, 0) is 4.74 Å². The van der Waals surface area contributed by atoms with Crippen LogP contribution >= 0.6 is 0 Å². The van der Waals surface area contributed by atoms with E-state index in [2.05, 4.69) is 10.5 Å². The van der Waals surface area contributed by atoms with Crippen molar-refractivity contribution in [1.29, 1.82) is 0 Å². The summed E-state index contributed by atoms with van der Waals surface area (Å²) in [5.41, 5.74) is 2.95. The zero-order valence-corrected chi connectivity index (χ0v) is 14.7. The topological polar surface area (TPSA) is 81.4 Å². The molecule has 0 saturated carbocycles. The summed E-state index contributed by atoms with van der Waals surface area (Å²) in [5.74, 6) is -0.518. The number of esters is 1. The lowest BCUT2D eigenvalue weighted by molar-refractivity contribution is 0.0601. The van der Waals surface area contributed by atoms with E-state index in [1.807, 2.05) is 30.3 Å². The van der Waals surface area contributed by atoms with Crippen molar-refractivity contribution >= 4 is 17.6 Å². The van der Waals surface area contributed by atoms with Gasteiger partial charge in [0.05, 0.1) is 18.4 Å². The third kappa shape index (κ3) is 3.21. The Balaban J connectivity index is 2.00. The van der Waals surface area contributed by atoms with E-state index in [0.29, 0.717) is 33.8 Å². The van der Waals surface area contributed by atoms with E-state index in [9.17, 15) is 9.59 Å². The largest absolute Gasteiger partial charge is 0.465 e. The van der Waals surface area contributed by atoms with Crippen molar-refractivity contribution in [3.05, 3.63) is 71.0 Å². The van der Waals surface area contributed by atoms with Crippen molar-refractivity contribution in [2.75, 3.05) is 12.4 Å². The van der Waals surface area contributed by atoms with Gasteiger partial charge in [-0.1, -0.05) is 47.6 Å². The van der Waals surface area contributed by atoms with Crippen LogP contribution in [-0.4, -0.2) is 24.1 Å². The highest BCUT2D eigenvalue weighted by Gasteiger charge is 2.24. The van der Waals surface area contributed by atoms with Gasteiger partial charge in [0.2, 0.25) is 0 Å². The molecule has 6 heteroatoms. The van der Waals surface area contributed by atoms with Crippen molar-refractivity contribution in [2.45, 2.75) is 13.8 Å². The van der Waals surface area contributed by atoms with E-state index in [1.165, 1.54) is 7.11 Å². The minimum absolute atomic E-state index is 0.318. The first-order valence-corrected chi connectivity index (χ1v) is 8.04. The van der Waals surface area contributed by atoms with Gasteiger partial charge in [0.25, 0.3) is 5.91 Å². The fourth-order valence-electron chi connectivity index (χ4n) is 2.76. The maximum Gasteiger partial charge on any atom is 0.340 e. The normalized spacial score (nSPS) is 10.4. The second-order valence-electron chi connectivity index (χ2n) is 5.77. The van der Waals surface area contributed by atoms with Crippen molar-refractivity contribution in [3.8, 4) is 11.3 Å². The minimum atomic E-state index is -0.510. The zero-order chi connectivity index (χ0) is 18.7. The molecule has 0 unspecified atom stereocenters. The zero-order valence-electron chi connectivity index (χ0n) is 14.7. The standard InChI is InChI=1S/C20H18N2O4/c1-12-8-7-11-15(16(12)20(24)25-3)21-19(23)17-13(2)26-22-18(17)14-9-5-4-6-10-14/h4-11H,1-3H3,(H,21,23). The number of benzene rings is 2. The number of hydrogen-bond donors (Lipinski definition) is 1. The van der Waals surface area contributed by atoms with Crippen molar-refractivity contribution in [1.82, 2.24) is 5.16 Å². The first kappa shape index (κ1) is 17.4. The number of carbonyl (C=O) groups is 2. The summed E-state index contributed by atoms with van der Waals surface area (Å²) in [6.07, 6.45) is 0. The van der Waals surface area contributed by atoms with Gasteiger partial charge in [0, 0.05) is 5.56 Å². The molecule has 1 heterocycles. The number of nitrogens with one attached hydrogen (secondary N) is 1. The summed E-state index contributed by atoms with van der Waals surface area (Å²) >= 11 is 0. The number of nitrogens with zero attached hydrogens (tertiary/aromatic N) is 1.